The van der Waals surface area contributed by atoms with Gasteiger partial charge >= 0.3 is 0 Å². The third-order valence-electron chi connectivity index (χ3n) is 5.75. The Morgan fingerprint density at radius 1 is 0.382 bits per heavy atom. The highest BCUT2D eigenvalue weighted by Crippen LogP contribution is 2.64. The molecule has 0 saturated heterocycles. The van der Waals surface area contributed by atoms with Gasteiger partial charge in [0.2, 0.25) is 0 Å². The molecule has 0 spiro atoms. The van der Waals surface area contributed by atoms with E-state index in [2.05, 4.69) is 92.9 Å². The van der Waals surface area contributed by atoms with Gasteiger partial charge < -0.3 is 0 Å². The molecule has 0 aliphatic carbocycles. The molecule has 188 valence electrons. The fourth-order valence-electron chi connectivity index (χ4n) is 3.84. The average Bonchev–Trinajstić information content (AvgIpc) is 3.46. The fourth-order valence-corrected chi connectivity index (χ4v) is 14.9. The van der Waals surface area contributed by atoms with Crippen LogP contribution in [0.25, 0.3) is 0 Å². The van der Waals surface area contributed by atoms with Crippen LogP contribution in [0.2, 0.25) is 0 Å². The normalized spacial score (nSPS) is 23.2. The minimum Gasteiger partial charge on any atom is -0.117 e. The first kappa shape index (κ1) is 28.5. The Labute approximate surface area is 241 Å². The van der Waals surface area contributed by atoms with E-state index in [1.54, 1.807) is 8.47 Å². The van der Waals surface area contributed by atoms with Crippen molar-refractivity contribution < 1.29 is 0 Å². The van der Waals surface area contributed by atoms with E-state index < -0.39 is 0 Å². The summed E-state index contributed by atoms with van der Waals surface area (Å²) < 4.78 is 6.20. The highest BCUT2D eigenvalue weighted by molar-refractivity contribution is 8.76. The monoisotopic (exact) mass is 604 g/mol. The van der Waals surface area contributed by atoms with Crippen LogP contribution in [-0.2, 0) is 0 Å². The first-order valence-corrected chi connectivity index (χ1v) is 20.4. The molecule has 8 heteroatoms. The zero-order valence-electron chi connectivity index (χ0n) is 19.9. The molecule has 3 aliphatic heterocycles. The second-order valence-electron chi connectivity index (χ2n) is 8.59. The molecule has 0 radical (unpaired) electrons. The Morgan fingerprint density at radius 3 is 1.24 bits per heavy atom. The predicted molar refractivity (Wildman–Crippen MR) is 173 cm³/mol. The molecule has 0 atom stereocenters. The van der Waals surface area contributed by atoms with Gasteiger partial charge in [0.05, 0.1) is 16.9 Å². The molecule has 0 aromatic heterocycles. The molecular weight excluding hydrogens is 569 g/mol. The molecule has 0 bridgehead atoms. The molecule has 0 saturated carbocycles. The smallest absolute Gasteiger partial charge is 0.0717 e. The van der Waals surface area contributed by atoms with Gasteiger partial charge in [-0.3, -0.25) is 0 Å². The summed E-state index contributed by atoms with van der Waals surface area (Å²) in [6, 6.07) is 8.88. The van der Waals surface area contributed by atoms with E-state index in [-0.39, 0.29) is 0 Å². The highest BCUT2D eigenvalue weighted by Gasteiger charge is 2.28. The standard InChI is InChI=1S/C26H36S8/c1-3-7-13-19-29-30-20-14-8-4-2-6-12-18-28-24-23(27-17-11-5-1)33-26(34-24)25-31-21-15-9-10-16-22(21)32-25/h9-10,15-16H,1-8,11-14,17-20H2. The van der Waals surface area contributed by atoms with Crippen LogP contribution in [-0.4, -0.2) is 23.0 Å². The summed E-state index contributed by atoms with van der Waals surface area (Å²) >= 11 is 12.4. The summed E-state index contributed by atoms with van der Waals surface area (Å²) in [5.41, 5.74) is 0. The van der Waals surface area contributed by atoms with Crippen LogP contribution in [0.1, 0.15) is 77.0 Å². The van der Waals surface area contributed by atoms with Gasteiger partial charge in [0.15, 0.2) is 0 Å². The fraction of sp³-hybridized carbons (Fsp3) is 0.615. The Kier molecular flexibility index (Phi) is 14.4. The Bertz CT molecular complexity index is 756. The Hall–Kier alpha value is 1.50. The van der Waals surface area contributed by atoms with Crippen LogP contribution < -0.4 is 0 Å². The number of hydrogen-bond donors (Lipinski definition) is 0. The SMILES string of the molecule is c1ccc2c(c1)SC(=C1SC3=C(SCCCCCCCCSSCCCCCCCCS3)S1)S2. The molecule has 0 nitrogen and oxygen atoms in total. The molecule has 0 unspecified atom stereocenters. The number of thioether (sulfide) groups is 6. The van der Waals surface area contributed by atoms with Gasteiger partial charge in [-0.25, -0.2) is 0 Å². The molecule has 0 amide bonds. The highest BCUT2D eigenvalue weighted by atomic mass is 33.1. The lowest BCUT2D eigenvalue weighted by molar-refractivity contribution is 0.629. The van der Waals surface area contributed by atoms with Crippen LogP contribution in [0.4, 0.5) is 0 Å². The minimum atomic E-state index is 1.28. The lowest BCUT2D eigenvalue weighted by Gasteiger charge is -2.06. The summed E-state index contributed by atoms with van der Waals surface area (Å²) in [6.45, 7) is 0. The number of fused-ring (bicyclic) bond motifs is 1. The largest absolute Gasteiger partial charge is 0.117 e. The van der Waals surface area contributed by atoms with E-state index in [0.717, 1.165) is 0 Å². The van der Waals surface area contributed by atoms with Gasteiger partial charge in [-0.1, -0.05) is 132 Å². The van der Waals surface area contributed by atoms with E-state index in [9.17, 15) is 0 Å². The zero-order chi connectivity index (χ0) is 23.3. The minimum absolute atomic E-state index is 1.28. The van der Waals surface area contributed by atoms with Crippen molar-refractivity contribution in [2.24, 2.45) is 0 Å². The van der Waals surface area contributed by atoms with Gasteiger partial charge in [0.25, 0.3) is 0 Å². The third-order valence-corrected chi connectivity index (χ3v) is 17.1. The lowest BCUT2D eigenvalue weighted by atomic mass is 10.1. The Balaban J connectivity index is 1.29. The van der Waals surface area contributed by atoms with Crippen LogP contribution in [0, 0.1) is 0 Å². The molecule has 0 fully saturated rings. The quantitative estimate of drug-likeness (QED) is 0.265. The number of benzene rings is 1. The maximum atomic E-state index is 2.27. The van der Waals surface area contributed by atoms with Crippen molar-refractivity contribution in [3.63, 3.8) is 0 Å². The molecule has 4 rings (SSSR count). The maximum Gasteiger partial charge on any atom is 0.0717 e. The van der Waals surface area contributed by atoms with Crippen molar-refractivity contribution in [3.05, 3.63) is 41.2 Å². The number of hydrogen-bond acceptors (Lipinski definition) is 8. The Morgan fingerprint density at radius 2 is 0.765 bits per heavy atom. The lowest BCUT2D eigenvalue weighted by Crippen LogP contribution is -1.86. The topological polar surface area (TPSA) is 0 Å². The second-order valence-corrected chi connectivity index (χ2v) is 18.7. The van der Waals surface area contributed by atoms with E-state index >= 15 is 0 Å². The summed E-state index contributed by atoms with van der Waals surface area (Å²) in [6.07, 6.45) is 16.9. The maximum absolute atomic E-state index is 2.27. The van der Waals surface area contributed by atoms with Crippen molar-refractivity contribution >= 4 is 92.2 Å². The van der Waals surface area contributed by atoms with Gasteiger partial charge in [0.1, 0.15) is 0 Å². The summed E-state index contributed by atoms with van der Waals surface area (Å²) in [5, 5.41) is 0. The average molecular weight is 605 g/mol. The van der Waals surface area contributed by atoms with E-state index in [1.165, 1.54) is 118 Å². The second kappa shape index (κ2) is 17.2. The van der Waals surface area contributed by atoms with Crippen molar-refractivity contribution in [3.8, 4) is 0 Å². The van der Waals surface area contributed by atoms with Crippen LogP contribution in [0.15, 0.2) is 51.0 Å². The molecule has 1 aromatic carbocycles. The molecule has 3 aliphatic rings. The van der Waals surface area contributed by atoms with Crippen LogP contribution in [0.5, 0.6) is 0 Å². The molecule has 3 heterocycles. The van der Waals surface area contributed by atoms with Gasteiger partial charge in [-0.15, -0.1) is 23.5 Å². The zero-order valence-corrected chi connectivity index (χ0v) is 26.4. The van der Waals surface area contributed by atoms with Gasteiger partial charge in [-0.2, -0.15) is 0 Å². The van der Waals surface area contributed by atoms with E-state index in [0.29, 0.717) is 0 Å². The van der Waals surface area contributed by atoms with Crippen LogP contribution in [0.3, 0.4) is 0 Å². The van der Waals surface area contributed by atoms with E-state index in [1.807, 2.05) is 23.5 Å². The first-order chi connectivity index (χ1) is 16.9. The van der Waals surface area contributed by atoms with E-state index in [4.69, 9.17) is 0 Å². The molecule has 34 heavy (non-hydrogen) atoms. The number of rotatable bonds is 0. The van der Waals surface area contributed by atoms with Crippen molar-refractivity contribution in [2.45, 2.75) is 86.8 Å². The third kappa shape index (κ3) is 9.99. The van der Waals surface area contributed by atoms with Crippen LogP contribution >= 0.6 is 92.2 Å². The summed E-state index contributed by atoms with van der Waals surface area (Å²) in [7, 11) is 4.23. The first-order valence-electron chi connectivity index (χ1n) is 12.7. The van der Waals surface area contributed by atoms with Gasteiger partial charge in [0, 0.05) is 21.3 Å². The van der Waals surface area contributed by atoms with Crippen molar-refractivity contribution in [1.82, 2.24) is 0 Å². The van der Waals surface area contributed by atoms with Gasteiger partial charge in [-0.05, 0) is 49.3 Å². The predicted octanol–water partition coefficient (Wildman–Crippen LogP) is 12.2. The molecular formula is C26H36S8. The van der Waals surface area contributed by atoms with Crippen molar-refractivity contribution in [1.29, 1.82) is 0 Å². The summed E-state index contributed by atoms with van der Waals surface area (Å²) in [4.78, 5) is 2.86. The summed E-state index contributed by atoms with van der Waals surface area (Å²) in [5.74, 6) is 5.26. The van der Waals surface area contributed by atoms with Crippen molar-refractivity contribution in [2.75, 3.05) is 23.0 Å². The molecule has 1 aromatic rings. The molecule has 0 N–H and O–H groups in total.